The van der Waals surface area contributed by atoms with Crippen molar-refractivity contribution in [1.82, 2.24) is 14.8 Å². The molecular formula is C18H25N3O2. The molecule has 2 aliphatic rings. The van der Waals surface area contributed by atoms with Crippen LogP contribution in [0.1, 0.15) is 57.1 Å². The third kappa shape index (κ3) is 3.89. The Labute approximate surface area is 137 Å². The lowest BCUT2D eigenvalue weighted by Crippen LogP contribution is -2.44. The number of nitrogens with zero attached hydrogens (tertiary/aromatic N) is 3. The first kappa shape index (κ1) is 16.0. The Morgan fingerprint density at radius 1 is 1.39 bits per heavy atom. The van der Waals surface area contributed by atoms with E-state index in [0.29, 0.717) is 19.0 Å². The van der Waals surface area contributed by atoms with Gasteiger partial charge in [-0.3, -0.25) is 14.6 Å². The minimum atomic E-state index is 0.00535. The van der Waals surface area contributed by atoms with Gasteiger partial charge in [-0.2, -0.15) is 0 Å². The molecule has 1 aliphatic carbocycles. The first-order valence-corrected chi connectivity index (χ1v) is 8.65. The summed E-state index contributed by atoms with van der Waals surface area (Å²) in [5.41, 5.74) is 1.05. The van der Waals surface area contributed by atoms with Crippen molar-refractivity contribution in [3.05, 3.63) is 30.1 Å². The first-order valence-electron chi connectivity index (χ1n) is 8.65. The highest BCUT2D eigenvalue weighted by atomic mass is 16.2. The second-order valence-electron chi connectivity index (χ2n) is 6.62. The van der Waals surface area contributed by atoms with Crippen LogP contribution in [0.3, 0.4) is 0 Å². The molecule has 1 aromatic rings. The van der Waals surface area contributed by atoms with E-state index in [2.05, 4.69) is 11.9 Å². The molecule has 2 amide bonds. The summed E-state index contributed by atoms with van der Waals surface area (Å²) >= 11 is 0. The molecule has 124 valence electrons. The molecule has 5 nitrogen and oxygen atoms in total. The number of likely N-dealkylation sites (tertiary alicyclic amines) is 1. The quantitative estimate of drug-likeness (QED) is 0.839. The third-order valence-corrected chi connectivity index (χ3v) is 4.81. The number of carbonyl (C=O) groups excluding carboxylic acids is 2. The maximum absolute atomic E-state index is 12.9. The van der Waals surface area contributed by atoms with E-state index in [1.54, 1.807) is 11.1 Å². The van der Waals surface area contributed by atoms with Crippen LogP contribution in [-0.2, 0) is 9.59 Å². The monoisotopic (exact) mass is 315 g/mol. The smallest absolute Gasteiger partial charge is 0.242 e. The van der Waals surface area contributed by atoms with Gasteiger partial charge in [-0.05, 0) is 44.2 Å². The Balaban J connectivity index is 1.70. The van der Waals surface area contributed by atoms with E-state index in [0.717, 1.165) is 37.7 Å². The maximum atomic E-state index is 12.9. The van der Waals surface area contributed by atoms with E-state index >= 15 is 0 Å². The summed E-state index contributed by atoms with van der Waals surface area (Å²) in [5, 5.41) is 0. The van der Waals surface area contributed by atoms with Gasteiger partial charge in [-0.15, -0.1) is 0 Å². The Morgan fingerprint density at radius 2 is 2.22 bits per heavy atom. The molecule has 2 heterocycles. The minimum Gasteiger partial charge on any atom is -0.333 e. The fourth-order valence-corrected chi connectivity index (χ4v) is 3.32. The van der Waals surface area contributed by atoms with Crippen LogP contribution in [0.4, 0.5) is 0 Å². The zero-order valence-corrected chi connectivity index (χ0v) is 13.8. The summed E-state index contributed by atoms with van der Waals surface area (Å²) in [6, 6.07) is 4.24. The van der Waals surface area contributed by atoms with Crippen LogP contribution in [0.5, 0.6) is 0 Å². The Morgan fingerprint density at radius 3 is 2.91 bits per heavy atom. The number of carbonyl (C=O) groups is 2. The van der Waals surface area contributed by atoms with Crippen LogP contribution in [-0.4, -0.2) is 45.7 Å². The fourth-order valence-electron chi connectivity index (χ4n) is 3.32. The van der Waals surface area contributed by atoms with Gasteiger partial charge in [0.15, 0.2) is 0 Å². The molecule has 0 radical (unpaired) electrons. The number of rotatable bonds is 5. The number of amides is 2. The summed E-state index contributed by atoms with van der Waals surface area (Å²) in [6.07, 6.45) is 9.29. The van der Waals surface area contributed by atoms with Crippen molar-refractivity contribution >= 4 is 11.8 Å². The average molecular weight is 315 g/mol. The standard InChI is InChI=1S/C18H25N3O2/c1-14(15-6-5-10-19-12-15)21(16-8-9-16)18(23)13-20-11-4-2-3-7-17(20)22/h5-6,10,12,14,16H,2-4,7-9,11,13H2,1H3/t14-/m0/s1. The first-order chi connectivity index (χ1) is 11.2. The van der Waals surface area contributed by atoms with Crippen molar-refractivity contribution in [1.29, 1.82) is 0 Å². The van der Waals surface area contributed by atoms with Crippen LogP contribution >= 0.6 is 0 Å². The van der Waals surface area contributed by atoms with Gasteiger partial charge < -0.3 is 9.80 Å². The molecule has 0 N–H and O–H groups in total. The number of hydrogen-bond donors (Lipinski definition) is 0. The maximum Gasteiger partial charge on any atom is 0.242 e. The topological polar surface area (TPSA) is 53.5 Å². The lowest BCUT2D eigenvalue weighted by Gasteiger charge is -2.32. The van der Waals surface area contributed by atoms with E-state index in [-0.39, 0.29) is 24.4 Å². The number of aromatic nitrogens is 1. The van der Waals surface area contributed by atoms with Crippen molar-refractivity contribution in [2.45, 2.75) is 57.5 Å². The molecule has 0 bridgehead atoms. The van der Waals surface area contributed by atoms with Crippen molar-refractivity contribution in [3.63, 3.8) is 0 Å². The van der Waals surface area contributed by atoms with Gasteiger partial charge in [-0.25, -0.2) is 0 Å². The zero-order valence-electron chi connectivity index (χ0n) is 13.8. The van der Waals surface area contributed by atoms with Crippen molar-refractivity contribution in [2.24, 2.45) is 0 Å². The number of hydrogen-bond acceptors (Lipinski definition) is 3. The Bertz CT molecular complexity index is 557. The zero-order chi connectivity index (χ0) is 16.2. The Kier molecular flexibility index (Phi) is 4.94. The van der Waals surface area contributed by atoms with Crippen LogP contribution < -0.4 is 0 Å². The fraction of sp³-hybridized carbons (Fsp3) is 0.611. The van der Waals surface area contributed by atoms with Gasteiger partial charge in [0.2, 0.25) is 11.8 Å². The summed E-state index contributed by atoms with van der Waals surface area (Å²) < 4.78 is 0. The molecule has 1 saturated heterocycles. The summed E-state index contributed by atoms with van der Waals surface area (Å²) in [5.74, 6) is 0.194. The van der Waals surface area contributed by atoms with Crippen LogP contribution in [0.25, 0.3) is 0 Å². The summed E-state index contributed by atoms with van der Waals surface area (Å²) in [6.45, 7) is 2.99. The molecular weight excluding hydrogens is 290 g/mol. The molecule has 1 aromatic heterocycles. The molecule has 0 aromatic carbocycles. The molecule has 0 spiro atoms. The molecule has 5 heteroatoms. The van der Waals surface area contributed by atoms with Gasteiger partial charge in [-0.1, -0.05) is 12.5 Å². The van der Waals surface area contributed by atoms with Crippen LogP contribution in [0.15, 0.2) is 24.5 Å². The van der Waals surface area contributed by atoms with Crippen molar-refractivity contribution in [3.8, 4) is 0 Å². The minimum absolute atomic E-state index is 0.00535. The van der Waals surface area contributed by atoms with E-state index in [4.69, 9.17) is 0 Å². The van der Waals surface area contributed by atoms with Crippen LogP contribution in [0, 0.1) is 0 Å². The van der Waals surface area contributed by atoms with E-state index in [1.807, 2.05) is 23.2 Å². The van der Waals surface area contributed by atoms with Crippen molar-refractivity contribution < 1.29 is 9.59 Å². The highest BCUT2D eigenvalue weighted by Gasteiger charge is 2.37. The largest absolute Gasteiger partial charge is 0.333 e. The highest BCUT2D eigenvalue weighted by molar-refractivity contribution is 5.85. The normalized spacial score (nSPS) is 20.0. The van der Waals surface area contributed by atoms with E-state index in [9.17, 15) is 9.59 Å². The van der Waals surface area contributed by atoms with Crippen molar-refractivity contribution in [2.75, 3.05) is 13.1 Å². The van der Waals surface area contributed by atoms with Gasteiger partial charge in [0.05, 0.1) is 12.6 Å². The van der Waals surface area contributed by atoms with Gasteiger partial charge >= 0.3 is 0 Å². The third-order valence-electron chi connectivity index (χ3n) is 4.81. The highest BCUT2D eigenvalue weighted by Crippen LogP contribution is 2.34. The number of pyridine rings is 1. The van der Waals surface area contributed by atoms with Gasteiger partial charge in [0.1, 0.15) is 0 Å². The molecule has 2 fully saturated rings. The van der Waals surface area contributed by atoms with Gasteiger partial charge in [0, 0.05) is 31.4 Å². The predicted molar refractivity (Wildman–Crippen MR) is 87.6 cm³/mol. The van der Waals surface area contributed by atoms with Gasteiger partial charge in [0.25, 0.3) is 0 Å². The summed E-state index contributed by atoms with van der Waals surface area (Å²) in [7, 11) is 0. The molecule has 1 atom stereocenters. The SMILES string of the molecule is C[C@@H](c1cccnc1)N(C(=O)CN1CCCCCC1=O)C1CC1. The lowest BCUT2D eigenvalue weighted by atomic mass is 10.1. The molecule has 0 unspecified atom stereocenters. The van der Waals surface area contributed by atoms with E-state index < -0.39 is 0 Å². The summed E-state index contributed by atoms with van der Waals surface area (Å²) in [4.78, 5) is 32.9. The molecule has 1 saturated carbocycles. The molecule has 1 aliphatic heterocycles. The van der Waals surface area contributed by atoms with Crippen LogP contribution in [0.2, 0.25) is 0 Å². The predicted octanol–water partition coefficient (Wildman–Crippen LogP) is 2.54. The van der Waals surface area contributed by atoms with E-state index in [1.165, 1.54) is 0 Å². The second-order valence-corrected chi connectivity index (χ2v) is 6.62. The Hall–Kier alpha value is -1.91. The average Bonchev–Trinajstić information content (AvgIpc) is 3.39. The molecule has 23 heavy (non-hydrogen) atoms. The molecule has 3 rings (SSSR count). The lowest BCUT2D eigenvalue weighted by molar-refractivity contribution is -0.142. The second kappa shape index (κ2) is 7.11.